The Balaban J connectivity index is 1.66. The van der Waals surface area contributed by atoms with Crippen LogP contribution in [0.25, 0.3) is 6.08 Å². The number of carbonyl (C=O) groups is 2. The first-order chi connectivity index (χ1) is 16.0. The zero-order valence-corrected chi connectivity index (χ0v) is 18.6. The molecule has 3 rings (SSSR count). The predicted molar refractivity (Wildman–Crippen MR) is 128 cm³/mol. The molecule has 2 amide bonds. The maximum atomic E-state index is 12.5. The third-order valence-electron chi connectivity index (χ3n) is 5.12. The fourth-order valence-corrected chi connectivity index (χ4v) is 3.12. The Morgan fingerprint density at radius 3 is 2.45 bits per heavy atom. The Morgan fingerprint density at radius 1 is 0.970 bits per heavy atom. The molecule has 3 aromatic rings. The van der Waals surface area contributed by atoms with Gasteiger partial charge in [-0.1, -0.05) is 60.7 Å². The first-order valence-electron chi connectivity index (χ1n) is 10.5. The molecule has 0 atom stereocenters. The Kier molecular flexibility index (Phi) is 7.98. The molecular weight excluding hydrogens is 414 g/mol. The molecule has 2 N–H and O–H groups in total. The maximum Gasteiger partial charge on any atom is 0.262 e. The molecule has 0 radical (unpaired) electrons. The number of aryl methyl sites for hydroxylation is 1. The average Bonchev–Trinajstić information content (AvgIpc) is 2.83. The molecule has 0 fully saturated rings. The molecule has 0 saturated heterocycles. The minimum absolute atomic E-state index is 0.0539. The normalized spacial score (nSPS) is 10.8. The number of rotatable bonds is 8. The van der Waals surface area contributed by atoms with Gasteiger partial charge in [0, 0.05) is 17.8 Å². The molecule has 0 aliphatic rings. The molecule has 3 aromatic carbocycles. The summed E-state index contributed by atoms with van der Waals surface area (Å²) in [5.74, 6) is -0.385. The van der Waals surface area contributed by atoms with Crippen LogP contribution in [0, 0.1) is 25.2 Å². The summed E-state index contributed by atoms with van der Waals surface area (Å²) in [6.07, 6.45) is 1.46. The highest BCUT2D eigenvalue weighted by atomic mass is 16.5. The molecule has 0 bridgehead atoms. The van der Waals surface area contributed by atoms with Gasteiger partial charge in [-0.2, -0.15) is 5.26 Å². The SMILES string of the molecule is Cc1cccc(NC(=O)COc2ccccc2/C=C(\C#N)C(=O)NCc2ccccc2)c1C. The number of nitrogens with one attached hydrogen (secondary N) is 2. The fourth-order valence-electron chi connectivity index (χ4n) is 3.12. The number of hydrogen-bond donors (Lipinski definition) is 2. The maximum absolute atomic E-state index is 12.5. The van der Waals surface area contributed by atoms with E-state index in [9.17, 15) is 14.9 Å². The Bertz CT molecular complexity index is 1210. The van der Waals surface area contributed by atoms with Crippen molar-refractivity contribution in [1.29, 1.82) is 5.26 Å². The number of anilines is 1. The third kappa shape index (κ3) is 6.55. The van der Waals surface area contributed by atoms with Gasteiger partial charge in [-0.15, -0.1) is 0 Å². The van der Waals surface area contributed by atoms with Crippen molar-refractivity contribution in [2.45, 2.75) is 20.4 Å². The second kappa shape index (κ2) is 11.3. The monoisotopic (exact) mass is 439 g/mol. The summed E-state index contributed by atoms with van der Waals surface area (Å²) in [7, 11) is 0. The van der Waals surface area contributed by atoms with E-state index < -0.39 is 5.91 Å². The first-order valence-corrected chi connectivity index (χ1v) is 10.5. The number of nitriles is 1. The van der Waals surface area contributed by atoms with Gasteiger partial charge in [0.05, 0.1) is 0 Å². The van der Waals surface area contributed by atoms with Crippen LogP contribution < -0.4 is 15.4 Å². The standard InChI is InChI=1S/C27H25N3O3/c1-19-9-8-13-24(20(19)2)30-26(31)18-33-25-14-7-6-12-22(25)15-23(16-28)27(32)29-17-21-10-4-3-5-11-21/h3-15H,17-18H2,1-2H3,(H,29,32)(H,30,31)/b23-15+. The van der Waals surface area contributed by atoms with Crippen molar-refractivity contribution in [3.05, 3.63) is 101 Å². The van der Waals surface area contributed by atoms with Crippen LogP contribution >= 0.6 is 0 Å². The quantitative estimate of drug-likeness (QED) is 0.398. The molecule has 0 aliphatic heterocycles. The second-order valence-electron chi connectivity index (χ2n) is 7.46. The summed E-state index contributed by atoms with van der Waals surface area (Å²) in [5, 5.41) is 15.1. The lowest BCUT2D eigenvalue weighted by molar-refractivity contribution is -0.118. The molecule has 6 nitrogen and oxygen atoms in total. The topological polar surface area (TPSA) is 91.2 Å². The van der Waals surface area contributed by atoms with E-state index in [0.29, 0.717) is 17.9 Å². The smallest absolute Gasteiger partial charge is 0.262 e. The van der Waals surface area contributed by atoms with Crippen LogP contribution in [0.4, 0.5) is 5.69 Å². The molecule has 0 heterocycles. The van der Waals surface area contributed by atoms with Crippen molar-refractivity contribution in [2.24, 2.45) is 0 Å². The fraction of sp³-hybridized carbons (Fsp3) is 0.148. The van der Waals surface area contributed by atoms with Crippen LogP contribution in [0.3, 0.4) is 0 Å². The zero-order chi connectivity index (χ0) is 23.6. The van der Waals surface area contributed by atoms with E-state index in [0.717, 1.165) is 22.4 Å². The first kappa shape index (κ1) is 23.3. The number of hydrogen-bond acceptors (Lipinski definition) is 4. The van der Waals surface area contributed by atoms with E-state index in [2.05, 4.69) is 10.6 Å². The molecule has 0 spiro atoms. The second-order valence-corrected chi connectivity index (χ2v) is 7.46. The number of nitrogens with zero attached hydrogens (tertiary/aromatic N) is 1. The van der Waals surface area contributed by atoms with Gasteiger partial charge >= 0.3 is 0 Å². The van der Waals surface area contributed by atoms with E-state index in [1.54, 1.807) is 24.3 Å². The molecule has 0 aliphatic carbocycles. The van der Waals surface area contributed by atoms with Crippen molar-refractivity contribution >= 4 is 23.6 Å². The Morgan fingerprint density at radius 2 is 1.70 bits per heavy atom. The van der Waals surface area contributed by atoms with Crippen molar-refractivity contribution in [2.75, 3.05) is 11.9 Å². The minimum atomic E-state index is -0.483. The summed E-state index contributed by atoms with van der Waals surface area (Å²) in [6, 6.07) is 24.0. The molecule has 0 aromatic heterocycles. The van der Waals surface area contributed by atoms with E-state index in [4.69, 9.17) is 4.74 Å². The highest BCUT2D eigenvalue weighted by Crippen LogP contribution is 2.22. The number of amides is 2. The molecule has 6 heteroatoms. The number of ether oxygens (including phenoxy) is 1. The van der Waals surface area contributed by atoms with Crippen molar-refractivity contribution in [3.8, 4) is 11.8 Å². The molecular formula is C27H25N3O3. The van der Waals surface area contributed by atoms with E-state index in [1.807, 2.05) is 68.4 Å². The van der Waals surface area contributed by atoms with Gasteiger partial charge in [-0.25, -0.2) is 0 Å². The van der Waals surface area contributed by atoms with Gasteiger partial charge < -0.3 is 15.4 Å². The van der Waals surface area contributed by atoms with Crippen LogP contribution in [0.2, 0.25) is 0 Å². The highest BCUT2D eigenvalue weighted by Gasteiger charge is 2.12. The van der Waals surface area contributed by atoms with E-state index in [-0.39, 0.29) is 18.1 Å². The molecule has 33 heavy (non-hydrogen) atoms. The lowest BCUT2D eigenvalue weighted by atomic mass is 10.1. The lowest BCUT2D eigenvalue weighted by Crippen LogP contribution is -2.24. The summed E-state index contributed by atoms with van der Waals surface area (Å²) in [4.78, 5) is 24.9. The van der Waals surface area contributed by atoms with E-state index in [1.165, 1.54) is 6.08 Å². The summed E-state index contributed by atoms with van der Waals surface area (Å²) >= 11 is 0. The number of carbonyl (C=O) groups excluding carboxylic acids is 2. The van der Waals surface area contributed by atoms with Crippen LogP contribution in [0.5, 0.6) is 5.75 Å². The highest BCUT2D eigenvalue weighted by molar-refractivity contribution is 6.02. The van der Waals surface area contributed by atoms with Crippen LogP contribution in [0.15, 0.2) is 78.4 Å². The van der Waals surface area contributed by atoms with Gasteiger partial charge in [0.25, 0.3) is 11.8 Å². The largest absolute Gasteiger partial charge is 0.483 e. The van der Waals surface area contributed by atoms with Gasteiger partial charge in [0.1, 0.15) is 17.4 Å². The number of para-hydroxylation sites is 1. The Labute approximate surface area is 193 Å². The summed E-state index contributed by atoms with van der Waals surface area (Å²) in [5.41, 5.74) is 4.22. The predicted octanol–water partition coefficient (Wildman–Crippen LogP) is 4.54. The zero-order valence-electron chi connectivity index (χ0n) is 18.6. The van der Waals surface area contributed by atoms with Gasteiger partial charge in [-0.05, 0) is 48.7 Å². The lowest BCUT2D eigenvalue weighted by Gasteiger charge is -2.12. The van der Waals surface area contributed by atoms with Crippen LogP contribution in [-0.4, -0.2) is 18.4 Å². The summed E-state index contributed by atoms with van der Waals surface area (Å²) in [6.45, 7) is 4.03. The minimum Gasteiger partial charge on any atom is -0.483 e. The average molecular weight is 440 g/mol. The van der Waals surface area contributed by atoms with Crippen molar-refractivity contribution in [1.82, 2.24) is 5.32 Å². The third-order valence-corrected chi connectivity index (χ3v) is 5.12. The summed E-state index contributed by atoms with van der Waals surface area (Å²) < 4.78 is 5.70. The van der Waals surface area contributed by atoms with Gasteiger partial charge in [-0.3, -0.25) is 9.59 Å². The van der Waals surface area contributed by atoms with Crippen molar-refractivity contribution < 1.29 is 14.3 Å². The van der Waals surface area contributed by atoms with Gasteiger partial charge in [0.15, 0.2) is 6.61 Å². The molecule has 0 unspecified atom stereocenters. The van der Waals surface area contributed by atoms with Gasteiger partial charge in [0.2, 0.25) is 0 Å². The van der Waals surface area contributed by atoms with E-state index >= 15 is 0 Å². The number of benzene rings is 3. The van der Waals surface area contributed by atoms with Crippen molar-refractivity contribution in [3.63, 3.8) is 0 Å². The molecule has 0 saturated carbocycles. The molecule has 166 valence electrons. The van der Waals surface area contributed by atoms with Crippen LogP contribution in [-0.2, 0) is 16.1 Å². The van der Waals surface area contributed by atoms with Crippen LogP contribution in [0.1, 0.15) is 22.3 Å². The Hall–Kier alpha value is -4.37.